The van der Waals surface area contributed by atoms with Crippen LogP contribution in [0.25, 0.3) is 0 Å². The van der Waals surface area contributed by atoms with E-state index >= 15 is 0 Å². The van der Waals surface area contributed by atoms with Crippen molar-refractivity contribution in [1.29, 1.82) is 0 Å². The second kappa shape index (κ2) is 6.50. The van der Waals surface area contributed by atoms with E-state index in [2.05, 4.69) is 28.8 Å². The van der Waals surface area contributed by atoms with Crippen molar-refractivity contribution >= 4 is 23.0 Å². The Kier molecular flexibility index (Phi) is 4.94. The number of anilines is 1. The summed E-state index contributed by atoms with van der Waals surface area (Å²) in [5.74, 6) is 0.924. The van der Waals surface area contributed by atoms with Gasteiger partial charge in [-0.15, -0.1) is 0 Å². The highest BCUT2D eigenvalue weighted by molar-refractivity contribution is 7.80. The van der Waals surface area contributed by atoms with Gasteiger partial charge in [0.05, 0.1) is 5.56 Å². The van der Waals surface area contributed by atoms with Crippen molar-refractivity contribution in [3.05, 3.63) is 23.4 Å². The molecule has 5 heteroatoms. The lowest BCUT2D eigenvalue weighted by atomic mass is 10.0. The van der Waals surface area contributed by atoms with Gasteiger partial charge in [-0.25, -0.2) is 4.98 Å². The van der Waals surface area contributed by atoms with Crippen LogP contribution < -0.4 is 10.6 Å². The van der Waals surface area contributed by atoms with Gasteiger partial charge in [-0.3, -0.25) is 0 Å². The number of likely N-dealkylation sites (tertiary alicyclic amines) is 1. The standard InChI is InChI=1S/C15H24N4S/c1-4-19-9-7-12(8-10-19)18(3)15-13(14(16)20)6-5-11(2)17-15/h5-6,12H,4,7-10H2,1-3H3,(H2,16,20). The number of hydrogen-bond acceptors (Lipinski definition) is 4. The zero-order valence-electron chi connectivity index (χ0n) is 12.6. The summed E-state index contributed by atoms with van der Waals surface area (Å²) in [4.78, 5) is 9.82. The quantitative estimate of drug-likeness (QED) is 0.859. The van der Waals surface area contributed by atoms with Crippen molar-refractivity contribution in [2.75, 3.05) is 31.6 Å². The maximum atomic E-state index is 5.83. The predicted molar refractivity (Wildman–Crippen MR) is 88.4 cm³/mol. The highest BCUT2D eigenvalue weighted by Crippen LogP contribution is 2.24. The Bertz CT molecular complexity index is 481. The second-order valence-corrected chi connectivity index (χ2v) is 5.90. The third-order valence-electron chi connectivity index (χ3n) is 4.17. The molecule has 2 rings (SSSR count). The number of nitrogens with two attached hydrogens (primary N) is 1. The molecule has 1 aliphatic rings. The van der Waals surface area contributed by atoms with Crippen LogP contribution in [0.3, 0.4) is 0 Å². The van der Waals surface area contributed by atoms with Gasteiger partial charge in [0, 0.05) is 31.9 Å². The van der Waals surface area contributed by atoms with Crippen LogP contribution in [0, 0.1) is 6.92 Å². The average Bonchev–Trinajstić information content (AvgIpc) is 2.46. The van der Waals surface area contributed by atoms with Crippen LogP contribution >= 0.6 is 12.2 Å². The van der Waals surface area contributed by atoms with Crippen molar-refractivity contribution < 1.29 is 0 Å². The van der Waals surface area contributed by atoms with E-state index in [0.29, 0.717) is 11.0 Å². The predicted octanol–water partition coefficient (Wildman–Crippen LogP) is 1.94. The molecule has 2 N–H and O–H groups in total. The molecule has 1 aromatic heterocycles. The maximum Gasteiger partial charge on any atom is 0.139 e. The van der Waals surface area contributed by atoms with Gasteiger partial charge in [0.1, 0.15) is 10.8 Å². The molecule has 1 saturated heterocycles. The minimum Gasteiger partial charge on any atom is -0.389 e. The molecule has 0 bridgehead atoms. The zero-order chi connectivity index (χ0) is 14.7. The van der Waals surface area contributed by atoms with Crippen molar-refractivity contribution in [1.82, 2.24) is 9.88 Å². The molecule has 0 aromatic carbocycles. The Labute approximate surface area is 127 Å². The van der Waals surface area contributed by atoms with E-state index in [0.717, 1.165) is 49.6 Å². The molecule has 0 radical (unpaired) electrons. The zero-order valence-corrected chi connectivity index (χ0v) is 13.4. The van der Waals surface area contributed by atoms with Crippen molar-refractivity contribution in [2.45, 2.75) is 32.7 Å². The normalized spacial score (nSPS) is 17.1. The molecular weight excluding hydrogens is 268 g/mol. The van der Waals surface area contributed by atoms with E-state index in [1.165, 1.54) is 0 Å². The molecule has 110 valence electrons. The van der Waals surface area contributed by atoms with Gasteiger partial charge >= 0.3 is 0 Å². The number of piperidine rings is 1. The molecular formula is C15H24N4S. The number of pyridine rings is 1. The Hall–Kier alpha value is -1.20. The SMILES string of the molecule is CCN1CCC(N(C)c2nc(C)ccc2C(N)=S)CC1. The fourth-order valence-electron chi connectivity index (χ4n) is 2.80. The molecule has 0 aliphatic carbocycles. The molecule has 1 aliphatic heterocycles. The van der Waals surface area contributed by atoms with Gasteiger partial charge in [-0.05, 0) is 38.4 Å². The van der Waals surface area contributed by atoms with Gasteiger partial charge < -0.3 is 15.5 Å². The number of thiocarbonyl (C=S) groups is 1. The highest BCUT2D eigenvalue weighted by atomic mass is 32.1. The fourth-order valence-corrected chi connectivity index (χ4v) is 2.96. The van der Waals surface area contributed by atoms with Crippen LogP contribution in [0.4, 0.5) is 5.82 Å². The Balaban J connectivity index is 2.18. The first-order chi connectivity index (χ1) is 9.52. The third kappa shape index (κ3) is 3.27. The smallest absolute Gasteiger partial charge is 0.139 e. The lowest BCUT2D eigenvalue weighted by Crippen LogP contribution is -2.44. The molecule has 2 heterocycles. The van der Waals surface area contributed by atoms with Gasteiger partial charge in [0.15, 0.2) is 0 Å². The first-order valence-electron chi connectivity index (χ1n) is 7.25. The van der Waals surface area contributed by atoms with E-state index in [1.807, 2.05) is 19.1 Å². The molecule has 0 amide bonds. The molecule has 4 nitrogen and oxygen atoms in total. The number of aromatic nitrogens is 1. The van der Waals surface area contributed by atoms with Crippen molar-refractivity contribution in [2.24, 2.45) is 5.73 Å². The molecule has 0 saturated carbocycles. The van der Waals surface area contributed by atoms with Crippen molar-refractivity contribution in [3.63, 3.8) is 0 Å². The number of rotatable bonds is 4. The Morgan fingerprint density at radius 2 is 2.10 bits per heavy atom. The maximum absolute atomic E-state index is 5.83. The minimum absolute atomic E-state index is 0.422. The van der Waals surface area contributed by atoms with Gasteiger partial charge in [0.25, 0.3) is 0 Å². The van der Waals surface area contributed by atoms with Crippen molar-refractivity contribution in [3.8, 4) is 0 Å². The Morgan fingerprint density at radius 1 is 1.45 bits per heavy atom. The summed E-state index contributed by atoms with van der Waals surface area (Å²) in [6, 6.07) is 4.46. The number of hydrogen-bond donors (Lipinski definition) is 1. The van der Waals surface area contributed by atoms with Gasteiger partial charge in [0.2, 0.25) is 0 Å². The molecule has 20 heavy (non-hydrogen) atoms. The van der Waals surface area contributed by atoms with E-state index in [4.69, 9.17) is 18.0 Å². The Morgan fingerprint density at radius 3 is 2.65 bits per heavy atom. The lowest BCUT2D eigenvalue weighted by Gasteiger charge is -2.37. The van der Waals surface area contributed by atoms with Crippen LogP contribution in [0.1, 0.15) is 31.0 Å². The molecule has 0 unspecified atom stereocenters. The number of aryl methyl sites for hydroxylation is 1. The molecule has 1 aromatic rings. The third-order valence-corrected chi connectivity index (χ3v) is 4.39. The highest BCUT2D eigenvalue weighted by Gasteiger charge is 2.24. The van der Waals surface area contributed by atoms with E-state index in [-0.39, 0.29) is 0 Å². The van der Waals surface area contributed by atoms with Crippen LogP contribution in [-0.4, -0.2) is 47.6 Å². The number of nitrogens with zero attached hydrogens (tertiary/aromatic N) is 3. The summed E-state index contributed by atoms with van der Waals surface area (Å²) in [6.45, 7) is 7.66. The van der Waals surface area contributed by atoms with E-state index < -0.39 is 0 Å². The summed E-state index contributed by atoms with van der Waals surface area (Å²) in [5.41, 5.74) is 7.71. The second-order valence-electron chi connectivity index (χ2n) is 5.46. The largest absolute Gasteiger partial charge is 0.389 e. The first-order valence-corrected chi connectivity index (χ1v) is 7.66. The summed E-state index contributed by atoms with van der Waals surface area (Å²) in [6.07, 6.45) is 2.33. The topological polar surface area (TPSA) is 45.4 Å². The van der Waals surface area contributed by atoms with Crippen LogP contribution in [-0.2, 0) is 0 Å². The average molecular weight is 292 g/mol. The minimum atomic E-state index is 0.422. The lowest BCUT2D eigenvalue weighted by molar-refractivity contribution is 0.220. The fraction of sp³-hybridized carbons (Fsp3) is 0.600. The van der Waals surface area contributed by atoms with Gasteiger partial charge in [-0.2, -0.15) is 0 Å². The summed E-state index contributed by atoms with van der Waals surface area (Å²) < 4.78 is 0. The molecule has 0 spiro atoms. The summed E-state index contributed by atoms with van der Waals surface area (Å²) in [7, 11) is 2.11. The monoisotopic (exact) mass is 292 g/mol. The van der Waals surface area contributed by atoms with E-state index in [1.54, 1.807) is 0 Å². The van der Waals surface area contributed by atoms with E-state index in [9.17, 15) is 0 Å². The molecule has 1 fully saturated rings. The van der Waals surface area contributed by atoms with Crippen LogP contribution in [0.15, 0.2) is 12.1 Å². The summed E-state index contributed by atoms with van der Waals surface area (Å²) in [5, 5.41) is 0. The first kappa shape index (κ1) is 15.2. The van der Waals surface area contributed by atoms with Crippen LogP contribution in [0.5, 0.6) is 0 Å². The summed E-state index contributed by atoms with van der Waals surface area (Å²) >= 11 is 5.15. The molecule has 0 atom stereocenters. The van der Waals surface area contributed by atoms with Gasteiger partial charge in [-0.1, -0.05) is 19.1 Å². The van der Waals surface area contributed by atoms with Crippen LogP contribution in [0.2, 0.25) is 0 Å².